The lowest BCUT2D eigenvalue weighted by molar-refractivity contribution is -0.00517. The van der Waals surface area contributed by atoms with Crippen molar-refractivity contribution in [1.29, 1.82) is 0 Å². The zero-order valence-electron chi connectivity index (χ0n) is 15.8. The number of carbonyl (C=O) groups excluding carboxylic acids is 1. The SMILES string of the molecule is C[C@@H]1CN(c2ccccc2NC(=O)c2cc3ccccc3oc2=O)C[C@H](C)O1. The zero-order chi connectivity index (χ0) is 19.7. The van der Waals surface area contributed by atoms with Crippen LogP contribution in [0.5, 0.6) is 0 Å². The van der Waals surface area contributed by atoms with Crippen LogP contribution in [-0.4, -0.2) is 31.2 Å². The lowest BCUT2D eigenvalue weighted by atomic mass is 10.1. The van der Waals surface area contributed by atoms with E-state index in [4.69, 9.17) is 9.15 Å². The van der Waals surface area contributed by atoms with Crippen molar-refractivity contribution in [2.24, 2.45) is 0 Å². The van der Waals surface area contributed by atoms with Crippen LogP contribution in [0.1, 0.15) is 24.2 Å². The Kier molecular flexibility index (Phi) is 4.88. The van der Waals surface area contributed by atoms with Crippen LogP contribution in [0.2, 0.25) is 0 Å². The Morgan fingerprint density at radius 2 is 1.71 bits per heavy atom. The van der Waals surface area contributed by atoms with Crippen LogP contribution in [0.15, 0.2) is 63.8 Å². The van der Waals surface area contributed by atoms with Crippen molar-refractivity contribution >= 4 is 28.3 Å². The first-order chi connectivity index (χ1) is 13.5. The summed E-state index contributed by atoms with van der Waals surface area (Å²) in [5, 5.41) is 3.58. The second-order valence-corrected chi connectivity index (χ2v) is 7.12. The number of amides is 1. The van der Waals surface area contributed by atoms with Gasteiger partial charge in [0.2, 0.25) is 0 Å². The minimum absolute atomic E-state index is 0.0165. The number of morpholine rings is 1. The molecule has 1 saturated heterocycles. The monoisotopic (exact) mass is 378 g/mol. The molecule has 144 valence electrons. The van der Waals surface area contributed by atoms with E-state index in [-0.39, 0.29) is 17.8 Å². The molecular formula is C22H22N2O4. The average molecular weight is 378 g/mol. The van der Waals surface area contributed by atoms with Gasteiger partial charge in [0.25, 0.3) is 5.91 Å². The summed E-state index contributed by atoms with van der Waals surface area (Å²) in [4.78, 5) is 27.3. The molecule has 0 aliphatic carbocycles. The maximum atomic E-state index is 12.8. The van der Waals surface area contributed by atoms with Crippen LogP contribution in [0, 0.1) is 0 Å². The molecule has 1 N–H and O–H groups in total. The molecule has 1 aliphatic heterocycles. The van der Waals surface area contributed by atoms with Crippen molar-refractivity contribution < 1.29 is 13.9 Å². The van der Waals surface area contributed by atoms with Gasteiger partial charge in [-0.1, -0.05) is 30.3 Å². The van der Waals surface area contributed by atoms with Crippen LogP contribution >= 0.6 is 0 Å². The maximum Gasteiger partial charge on any atom is 0.349 e. The normalized spacial score (nSPS) is 19.6. The number of rotatable bonds is 3. The summed E-state index contributed by atoms with van der Waals surface area (Å²) >= 11 is 0. The summed E-state index contributed by atoms with van der Waals surface area (Å²) in [6.45, 7) is 5.53. The van der Waals surface area contributed by atoms with Crippen molar-refractivity contribution in [1.82, 2.24) is 0 Å². The minimum Gasteiger partial charge on any atom is -0.422 e. The van der Waals surface area contributed by atoms with Gasteiger partial charge < -0.3 is 19.4 Å². The maximum absolute atomic E-state index is 12.8. The Morgan fingerprint density at radius 1 is 1.04 bits per heavy atom. The number of nitrogens with zero attached hydrogens (tertiary/aromatic N) is 1. The molecule has 0 radical (unpaired) electrons. The average Bonchev–Trinajstić information content (AvgIpc) is 2.67. The molecular weight excluding hydrogens is 356 g/mol. The molecule has 1 aliphatic rings. The molecule has 1 amide bonds. The molecule has 0 saturated carbocycles. The highest BCUT2D eigenvalue weighted by molar-refractivity contribution is 6.07. The molecule has 0 bridgehead atoms. The largest absolute Gasteiger partial charge is 0.422 e. The highest BCUT2D eigenvalue weighted by Gasteiger charge is 2.24. The van der Waals surface area contributed by atoms with Gasteiger partial charge in [-0.3, -0.25) is 4.79 Å². The van der Waals surface area contributed by atoms with Gasteiger partial charge in [-0.05, 0) is 38.1 Å². The number of carbonyl (C=O) groups is 1. The van der Waals surface area contributed by atoms with E-state index in [1.54, 1.807) is 24.3 Å². The number of para-hydroxylation sites is 3. The van der Waals surface area contributed by atoms with Crippen molar-refractivity contribution in [3.05, 3.63) is 70.6 Å². The Bertz CT molecular complexity index is 1070. The van der Waals surface area contributed by atoms with Crippen LogP contribution < -0.4 is 15.8 Å². The Labute approximate surface area is 162 Å². The molecule has 0 unspecified atom stereocenters. The summed E-state index contributed by atoms with van der Waals surface area (Å²) in [5.41, 5.74) is 1.35. The Hall–Kier alpha value is -3.12. The smallest absolute Gasteiger partial charge is 0.349 e. The predicted molar refractivity (Wildman–Crippen MR) is 109 cm³/mol. The number of nitrogens with one attached hydrogen (secondary N) is 1. The number of fused-ring (bicyclic) bond motifs is 1. The third-order valence-electron chi connectivity index (χ3n) is 4.80. The molecule has 4 rings (SSSR count). The zero-order valence-corrected chi connectivity index (χ0v) is 15.8. The molecule has 2 heterocycles. The third-order valence-corrected chi connectivity index (χ3v) is 4.80. The molecule has 2 aromatic carbocycles. The lowest BCUT2D eigenvalue weighted by Crippen LogP contribution is -2.45. The number of anilines is 2. The number of ether oxygens (including phenoxy) is 1. The van der Waals surface area contributed by atoms with Crippen LogP contribution in [-0.2, 0) is 4.74 Å². The van der Waals surface area contributed by atoms with Gasteiger partial charge in [-0.25, -0.2) is 4.79 Å². The number of hydrogen-bond acceptors (Lipinski definition) is 5. The standard InChI is InChI=1S/C22H22N2O4/c1-14-12-24(13-15(2)27-14)19-9-5-4-8-18(19)23-21(25)17-11-16-7-3-6-10-20(16)28-22(17)26/h3-11,14-15H,12-13H2,1-2H3,(H,23,25)/t14-,15+. The molecule has 1 fully saturated rings. The lowest BCUT2D eigenvalue weighted by Gasteiger charge is -2.37. The molecule has 6 nitrogen and oxygen atoms in total. The summed E-state index contributed by atoms with van der Waals surface area (Å²) in [6, 6.07) is 16.3. The van der Waals surface area contributed by atoms with Gasteiger partial charge in [0.1, 0.15) is 11.1 Å². The van der Waals surface area contributed by atoms with Gasteiger partial charge in [-0.15, -0.1) is 0 Å². The van der Waals surface area contributed by atoms with E-state index < -0.39 is 11.5 Å². The molecule has 2 atom stereocenters. The summed E-state index contributed by atoms with van der Waals surface area (Å²) in [7, 11) is 0. The molecule has 28 heavy (non-hydrogen) atoms. The summed E-state index contributed by atoms with van der Waals surface area (Å²) < 4.78 is 11.1. The summed E-state index contributed by atoms with van der Waals surface area (Å²) in [6.07, 6.45) is 0.195. The van der Waals surface area contributed by atoms with Crippen LogP contribution in [0.4, 0.5) is 11.4 Å². The quantitative estimate of drug-likeness (QED) is 0.704. The van der Waals surface area contributed by atoms with Gasteiger partial charge in [0.15, 0.2) is 0 Å². The van der Waals surface area contributed by atoms with E-state index in [1.165, 1.54) is 0 Å². The second kappa shape index (κ2) is 7.48. The fourth-order valence-corrected chi connectivity index (χ4v) is 3.64. The molecule has 3 aromatic rings. The van der Waals surface area contributed by atoms with Gasteiger partial charge in [0.05, 0.1) is 23.6 Å². The molecule has 0 spiro atoms. The fraction of sp³-hybridized carbons (Fsp3) is 0.273. The first kappa shape index (κ1) is 18.3. The number of benzene rings is 2. The highest BCUT2D eigenvalue weighted by atomic mass is 16.5. The van der Waals surface area contributed by atoms with Crippen LogP contribution in [0.25, 0.3) is 11.0 Å². The van der Waals surface area contributed by atoms with E-state index in [9.17, 15) is 9.59 Å². The van der Waals surface area contributed by atoms with Crippen molar-refractivity contribution in [2.75, 3.05) is 23.3 Å². The van der Waals surface area contributed by atoms with Gasteiger partial charge in [-0.2, -0.15) is 0 Å². The van der Waals surface area contributed by atoms with Crippen molar-refractivity contribution in [3.63, 3.8) is 0 Å². The minimum atomic E-state index is -0.651. The summed E-state index contributed by atoms with van der Waals surface area (Å²) in [5.74, 6) is -0.485. The van der Waals surface area contributed by atoms with E-state index >= 15 is 0 Å². The van der Waals surface area contributed by atoms with E-state index in [0.29, 0.717) is 16.7 Å². The highest BCUT2D eigenvalue weighted by Crippen LogP contribution is 2.29. The fourth-order valence-electron chi connectivity index (χ4n) is 3.64. The molecule has 6 heteroatoms. The predicted octanol–water partition coefficient (Wildman–Crippen LogP) is 3.66. The van der Waals surface area contributed by atoms with Gasteiger partial charge in [0, 0.05) is 18.5 Å². The van der Waals surface area contributed by atoms with E-state index in [1.807, 2.05) is 44.2 Å². The first-order valence-corrected chi connectivity index (χ1v) is 9.35. The Balaban J connectivity index is 1.64. The van der Waals surface area contributed by atoms with Crippen molar-refractivity contribution in [2.45, 2.75) is 26.1 Å². The van der Waals surface area contributed by atoms with Gasteiger partial charge >= 0.3 is 5.63 Å². The molecule has 1 aromatic heterocycles. The van der Waals surface area contributed by atoms with Crippen molar-refractivity contribution in [3.8, 4) is 0 Å². The van der Waals surface area contributed by atoms with E-state index in [0.717, 1.165) is 18.8 Å². The number of hydrogen-bond donors (Lipinski definition) is 1. The second-order valence-electron chi connectivity index (χ2n) is 7.12. The first-order valence-electron chi connectivity index (χ1n) is 9.35. The Morgan fingerprint density at radius 3 is 2.50 bits per heavy atom. The van der Waals surface area contributed by atoms with Crippen LogP contribution in [0.3, 0.4) is 0 Å². The topological polar surface area (TPSA) is 71.8 Å². The third kappa shape index (κ3) is 3.64. The van der Waals surface area contributed by atoms with E-state index in [2.05, 4.69) is 10.2 Å².